The quantitative estimate of drug-likeness (QED) is 0.362. The van der Waals surface area contributed by atoms with Gasteiger partial charge in [-0.25, -0.2) is 0 Å². The lowest BCUT2D eigenvalue weighted by Crippen LogP contribution is -2.23. The third kappa shape index (κ3) is 4.22. The Balaban J connectivity index is 1.36. The van der Waals surface area contributed by atoms with Crippen molar-refractivity contribution in [3.8, 4) is 11.5 Å². The molecule has 1 aliphatic heterocycles. The van der Waals surface area contributed by atoms with Gasteiger partial charge >= 0.3 is 0 Å². The number of fused-ring (bicyclic) bond motifs is 2. The normalized spacial score (nSPS) is 12.3. The fourth-order valence-corrected chi connectivity index (χ4v) is 4.48. The molecule has 31 heavy (non-hydrogen) atoms. The van der Waals surface area contributed by atoms with E-state index in [2.05, 4.69) is 5.32 Å². The van der Waals surface area contributed by atoms with Crippen LogP contribution in [-0.2, 0) is 12.3 Å². The molecule has 0 aliphatic carbocycles. The third-order valence-corrected chi connectivity index (χ3v) is 6.28. The monoisotopic (exact) mass is 451 g/mol. The van der Waals surface area contributed by atoms with Crippen LogP contribution in [0.15, 0.2) is 76.0 Å². The molecule has 2 heterocycles. The van der Waals surface area contributed by atoms with Crippen molar-refractivity contribution in [1.82, 2.24) is 5.32 Å². The van der Waals surface area contributed by atoms with E-state index in [1.807, 2.05) is 66.7 Å². The second kappa shape index (κ2) is 8.57. The lowest BCUT2D eigenvalue weighted by molar-refractivity contribution is 0.0924. The van der Waals surface area contributed by atoms with Gasteiger partial charge in [0, 0.05) is 33.2 Å². The highest BCUT2D eigenvalue weighted by Crippen LogP contribution is 2.34. The number of ether oxygens (including phenoxy) is 2. The van der Waals surface area contributed by atoms with Crippen molar-refractivity contribution in [3.63, 3.8) is 0 Å². The van der Waals surface area contributed by atoms with Crippen LogP contribution in [0, 0.1) is 0 Å². The predicted molar refractivity (Wildman–Crippen MR) is 121 cm³/mol. The average Bonchev–Trinajstić information content (AvgIpc) is 3.41. The molecule has 0 spiro atoms. The van der Waals surface area contributed by atoms with E-state index >= 15 is 0 Å². The van der Waals surface area contributed by atoms with Gasteiger partial charge in [-0.05, 0) is 48.0 Å². The van der Waals surface area contributed by atoms with Gasteiger partial charge in [0.2, 0.25) is 6.79 Å². The first kappa shape index (κ1) is 19.8. The maximum absolute atomic E-state index is 13.0. The van der Waals surface area contributed by atoms with Crippen LogP contribution in [0.1, 0.15) is 21.7 Å². The Morgan fingerprint density at radius 1 is 1.00 bits per heavy atom. The van der Waals surface area contributed by atoms with Crippen molar-refractivity contribution in [2.24, 2.45) is 0 Å². The first-order valence-corrected chi connectivity index (χ1v) is 11.1. The van der Waals surface area contributed by atoms with Gasteiger partial charge in [0.05, 0.1) is 0 Å². The fraction of sp³-hybridized carbons (Fsp3) is 0.125. The van der Waals surface area contributed by atoms with Crippen LogP contribution >= 0.6 is 23.4 Å². The number of furan rings is 1. The van der Waals surface area contributed by atoms with Gasteiger partial charge in [0.1, 0.15) is 5.58 Å². The van der Waals surface area contributed by atoms with E-state index in [1.165, 1.54) is 0 Å². The largest absolute Gasteiger partial charge is 0.454 e. The van der Waals surface area contributed by atoms with Gasteiger partial charge in [0.25, 0.3) is 5.91 Å². The Labute approximate surface area is 188 Å². The van der Waals surface area contributed by atoms with E-state index in [-0.39, 0.29) is 12.7 Å². The predicted octanol–water partition coefficient (Wildman–Crippen LogP) is 6.04. The van der Waals surface area contributed by atoms with Crippen molar-refractivity contribution >= 4 is 40.2 Å². The Morgan fingerprint density at radius 2 is 1.81 bits per heavy atom. The number of nitrogens with one attached hydrogen (secondary N) is 1. The highest BCUT2D eigenvalue weighted by molar-refractivity contribution is 7.98. The molecule has 4 aromatic rings. The molecule has 0 atom stereocenters. The topological polar surface area (TPSA) is 60.7 Å². The van der Waals surface area contributed by atoms with Crippen LogP contribution in [0.4, 0.5) is 0 Å². The molecule has 156 valence electrons. The van der Waals surface area contributed by atoms with Crippen molar-refractivity contribution in [2.45, 2.75) is 17.2 Å². The molecule has 1 aromatic heterocycles. The second-order valence-electron chi connectivity index (χ2n) is 7.02. The van der Waals surface area contributed by atoms with Crippen molar-refractivity contribution in [1.29, 1.82) is 0 Å². The summed E-state index contributed by atoms with van der Waals surface area (Å²) < 4.78 is 16.7. The molecule has 0 unspecified atom stereocenters. The standard InChI is InChI=1S/C24H18ClNO4S/c25-16-6-8-17(9-7-16)31-13-19-18-3-1-2-4-20(18)30-23(19)24(27)26-12-15-5-10-21-22(11-15)29-14-28-21/h1-11H,12-14H2,(H,26,27). The van der Waals surface area contributed by atoms with Crippen LogP contribution in [0.25, 0.3) is 11.0 Å². The number of halogens is 1. The Morgan fingerprint density at radius 3 is 2.68 bits per heavy atom. The summed E-state index contributed by atoms with van der Waals surface area (Å²) in [6.07, 6.45) is 0. The average molecular weight is 452 g/mol. The molecule has 3 aromatic carbocycles. The molecule has 1 N–H and O–H groups in total. The smallest absolute Gasteiger partial charge is 0.287 e. The first-order valence-electron chi connectivity index (χ1n) is 9.73. The van der Waals surface area contributed by atoms with E-state index in [9.17, 15) is 4.79 Å². The minimum atomic E-state index is -0.249. The Bertz CT molecular complexity index is 1250. The van der Waals surface area contributed by atoms with E-state index in [4.69, 9.17) is 25.5 Å². The maximum atomic E-state index is 13.0. The lowest BCUT2D eigenvalue weighted by atomic mass is 10.1. The van der Waals surface area contributed by atoms with E-state index in [1.54, 1.807) is 11.8 Å². The zero-order chi connectivity index (χ0) is 21.2. The molecule has 0 fully saturated rings. The highest BCUT2D eigenvalue weighted by atomic mass is 35.5. The zero-order valence-electron chi connectivity index (χ0n) is 16.4. The first-order chi connectivity index (χ1) is 15.2. The number of benzene rings is 3. The SMILES string of the molecule is O=C(NCc1ccc2c(c1)OCO2)c1oc2ccccc2c1CSc1ccc(Cl)cc1. The van der Waals surface area contributed by atoms with Gasteiger partial charge in [0.15, 0.2) is 17.3 Å². The molecule has 5 nitrogen and oxygen atoms in total. The number of carbonyl (C=O) groups is 1. The summed E-state index contributed by atoms with van der Waals surface area (Å²) in [5.74, 6) is 2.10. The van der Waals surface area contributed by atoms with Crippen molar-refractivity contribution < 1.29 is 18.7 Å². The van der Waals surface area contributed by atoms with Gasteiger partial charge < -0.3 is 19.2 Å². The number of carbonyl (C=O) groups excluding carboxylic acids is 1. The molecule has 0 saturated heterocycles. The zero-order valence-corrected chi connectivity index (χ0v) is 18.0. The summed E-state index contributed by atoms with van der Waals surface area (Å²) in [5, 5.41) is 4.60. The molecule has 5 rings (SSSR count). The van der Waals surface area contributed by atoms with E-state index in [0.29, 0.717) is 40.2 Å². The second-order valence-corrected chi connectivity index (χ2v) is 8.50. The van der Waals surface area contributed by atoms with Gasteiger partial charge in [-0.1, -0.05) is 35.9 Å². The number of para-hydroxylation sites is 1. The summed E-state index contributed by atoms with van der Waals surface area (Å²) >= 11 is 7.61. The molecule has 1 amide bonds. The molecule has 0 radical (unpaired) electrons. The number of rotatable bonds is 6. The van der Waals surface area contributed by atoms with Gasteiger partial charge in [-0.15, -0.1) is 11.8 Å². The summed E-state index contributed by atoms with van der Waals surface area (Å²) in [7, 11) is 0. The summed E-state index contributed by atoms with van der Waals surface area (Å²) in [4.78, 5) is 14.1. The number of hydrogen-bond donors (Lipinski definition) is 1. The van der Waals surface area contributed by atoms with Crippen LogP contribution < -0.4 is 14.8 Å². The van der Waals surface area contributed by atoms with E-state index in [0.717, 1.165) is 21.4 Å². The fourth-order valence-electron chi connectivity index (χ4n) is 3.43. The third-order valence-electron chi connectivity index (χ3n) is 4.99. The molecular weight excluding hydrogens is 434 g/mol. The van der Waals surface area contributed by atoms with Gasteiger partial charge in [-0.3, -0.25) is 4.79 Å². The number of hydrogen-bond acceptors (Lipinski definition) is 5. The van der Waals surface area contributed by atoms with Gasteiger partial charge in [-0.2, -0.15) is 0 Å². The van der Waals surface area contributed by atoms with Crippen LogP contribution in [0.2, 0.25) is 5.02 Å². The van der Waals surface area contributed by atoms with Crippen molar-refractivity contribution in [3.05, 3.63) is 88.6 Å². The molecule has 1 aliphatic rings. The molecule has 0 saturated carbocycles. The molecular formula is C24H18ClNO4S. The minimum Gasteiger partial charge on any atom is -0.454 e. The number of thioether (sulfide) groups is 1. The maximum Gasteiger partial charge on any atom is 0.287 e. The molecule has 7 heteroatoms. The summed E-state index contributed by atoms with van der Waals surface area (Å²) in [6.45, 7) is 0.578. The molecule has 0 bridgehead atoms. The van der Waals surface area contributed by atoms with Crippen LogP contribution in [0.5, 0.6) is 11.5 Å². The van der Waals surface area contributed by atoms with Crippen LogP contribution in [0.3, 0.4) is 0 Å². The minimum absolute atomic E-state index is 0.221. The lowest BCUT2D eigenvalue weighted by Gasteiger charge is -2.07. The summed E-state index contributed by atoms with van der Waals surface area (Å²) in [5.41, 5.74) is 2.49. The van der Waals surface area contributed by atoms with Crippen LogP contribution in [-0.4, -0.2) is 12.7 Å². The van der Waals surface area contributed by atoms with Crippen molar-refractivity contribution in [2.75, 3.05) is 6.79 Å². The number of amides is 1. The van der Waals surface area contributed by atoms with E-state index < -0.39 is 0 Å². The Kier molecular flexibility index (Phi) is 5.49. The highest BCUT2D eigenvalue weighted by Gasteiger charge is 2.21. The Hall–Kier alpha value is -3.09. The summed E-state index contributed by atoms with van der Waals surface area (Å²) in [6, 6.07) is 21.0.